The fourth-order valence-corrected chi connectivity index (χ4v) is 3.04. The number of aromatic carboxylic acids is 1. The molecule has 2 aromatic rings. The number of carboxylic acid groups (broad SMARTS) is 1. The van der Waals surface area contributed by atoms with Gasteiger partial charge in [-0.3, -0.25) is 0 Å². The minimum atomic E-state index is -1.25. The van der Waals surface area contributed by atoms with Crippen LogP contribution in [0.1, 0.15) is 15.9 Å². The van der Waals surface area contributed by atoms with Crippen molar-refractivity contribution in [3.05, 3.63) is 58.4 Å². The summed E-state index contributed by atoms with van der Waals surface area (Å²) in [6.07, 6.45) is 0. The summed E-state index contributed by atoms with van der Waals surface area (Å²) in [6, 6.07) is 9.85. The molecule has 0 atom stereocenters. The number of rotatable bonds is 4. The average molecular weight is 312 g/mol. The Morgan fingerprint density at radius 1 is 1.30 bits per heavy atom. The highest BCUT2D eigenvalue weighted by atomic mass is 35.5. The molecule has 104 valence electrons. The second-order valence-corrected chi connectivity index (χ2v) is 5.44. The highest BCUT2D eigenvalue weighted by molar-refractivity contribution is 7.98. The maximum atomic E-state index is 13.3. The highest BCUT2D eigenvalue weighted by Gasteiger charge is 2.18. The lowest BCUT2D eigenvalue weighted by atomic mass is 10.2. The predicted octanol–water partition coefficient (Wildman–Crippen LogP) is 4.05. The molecule has 0 unspecified atom stereocenters. The number of halogens is 2. The van der Waals surface area contributed by atoms with Crippen LogP contribution in [0.5, 0.6) is 0 Å². The van der Waals surface area contributed by atoms with E-state index in [-0.39, 0.29) is 11.3 Å². The fourth-order valence-electron chi connectivity index (χ4n) is 1.69. The van der Waals surface area contributed by atoms with Crippen molar-refractivity contribution < 1.29 is 14.3 Å². The molecule has 0 aliphatic heterocycles. The van der Waals surface area contributed by atoms with E-state index in [2.05, 4.69) is 0 Å². The summed E-state index contributed by atoms with van der Waals surface area (Å²) in [6.45, 7) is 0. The molecule has 0 fully saturated rings. The molecule has 3 nitrogen and oxygen atoms in total. The smallest absolute Gasteiger partial charge is 0.339 e. The van der Waals surface area contributed by atoms with Crippen molar-refractivity contribution in [2.45, 2.75) is 10.6 Å². The lowest BCUT2D eigenvalue weighted by Crippen LogP contribution is -2.06. The summed E-state index contributed by atoms with van der Waals surface area (Å²) in [5, 5.41) is 9.74. The number of carboxylic acids is 1. The van der Waals surface area contributed by atoms with Gasteiger partial charge in [0.15, 0.2) is 0 Å². The van der Waals surface area contributed by atoms with E-state index < -0.39 is 11.8 Å². The lowest BCUT2D eigenvalue weighted by Gasteiger charge is -2.10. The van der Waals surface area contributed by atoms with E-state index in [1.54, 1.807) is 6.07 Å². The van der Waals surface area contributed by atoms with Crippen LogP contribution in [0.3, 0.4) is 0 Å². The summed E-state index contributed by atoms with van der Waals surface area (Å²) in [5.74, 6) is -1.50. The number of hydrogen-bond donors (Lipinski definition) is 2. The Morgan fingerprint density at radius 2 is 2.00 bits per heavy atom. The molecule has 0 bridgehead atoms. The van der Waals surface area contributed by atoms with Gasteiger partial charge in [-0.2, -0.15) is 0 Å². The molecule has 2 rings (SSSR count). The first kappa shape index (κ1) is 14.7. The number of nitrogen functional groups attached to an aromatic ring is 1. The molecule has 0 radical (unpaired) electrons. The summed E-state index contributed by atoms with van der Waals surface area (Å²) < 4.78 is 13.3. The Labute approximate surface area is 124 Å². The molecule has 3 N–H and O–H groups in total. The van der Waals surface area contributed by atoms with E-state index >= 15 is 0 Å². The van der Waals surface area contributed by atoms with Gasteiger partial charge in [0, 0.05) is 15.7 Å². The molecule has 0 spiro atoms. The van der Waals surface area contributed by atoms with Gasteiger partial charge < -0.3 is 10.8 Å². The standard InChI is InChI=1S/C14H11ClFNO2S/c15-9-4-2-1-3-8(9)7-20-11-6-5-10(16)13(17)12(11)14(18)19/h1-6H,7,17H2,(H,18,19). The van der Waals surface area contributed by atoms with Gasteiger partial charge in [0.1, 0.15) is 5.82 Å². The van der Waals surface area contributed by atoms with Crippen LogP contribution in [-0.4, -0.2) is 11.1 Å². The topological polar surface area (TPSA) is 63.3 Å². The van der Waals surface area contributed by atoms with Crippen LogP contribution in [0.25, 0.3) is 0 Å². The molecule has 0 saturated carbocycles. The van der Waals surface area contributed by atoms with Crippen molar-refractivity contribution >= 4 is 35.0 Å². The molecule has 0 aliphatic carbocycles. The molecule has 20 heavy (non-hydrogen) atoms. The van der Waals surface area contributed by atoms with Gasteiger partial charge in [0.25, 0.3) is 0 Å². The largest absolute Gasteiger partial charge is 0.478 e. The van der Waals surface area contributed by atoms with Gasteiger partial charge in [-0.05, 0) is 23.8 Å². The number of thioether (sulfide) groups is 1. The Balaban J connectivity index is 2.29. The van der Waals surface area contributed by atoms with Crippen molar-refractivity contribution in [2.75, 3.05) is 5.73 Å². The Kier molecular flexibility index (Phi) is 4.52. The number of benzene rings is 2. The first-order valence-corrected chi connectivity index (χ1v) is 7.04. The summed E-state index contributed by atoms with van der Waals surface area (Å²) >= 11 is 7.29. The van der Waals surface area contributed by atoms with Gasteiger partial charge in [-0.1, -0.05) is 29.8 Å². The maximum Gasteiger partial charge on any atom is 0.339 e. The van der Waals surface area contributed by atoms with Crippen LogP contribution in [0.15, 0.2) is 41.3 Å². The Morgan fingerprint density at radius 3 is 2.65 bits per heavy atom. The molecule has 0 heterocycles. The van der Waals surface area contributed by atoms with Gasteiger partial charge in [0.05, 0.1) is 11.3 Å². The molecule has 0 aromatic heterocycles. The van der Waals surface area contributed by atoms with E-state index in [9.17, 15) is 9.18 Å². The average Bonchev–Trinajstić information content (AvgIpc) is 2.41. The fraction of sp³-hybridized carbons (Fsp3) is 0.0714. The van der Waals surface area contributed by atoms with Crippen LogP contribution >= 0.6 is 23.4 Å². The van der Waals surface area contributed by atoms with Gasteiger partial charge >= 0.3 is 5.97 Å². The van der Waals surface area contributed by atoms with Crippen molar-refractivity contribution in [3.63, 3.8) is 0 Å². The van der Waals surface area contributed by atoms with E-state index in [1.165, 1.54) is 17.8 Å². The molecular weight excluding hydrogens is 301 g/mol. The second-order valence-electron chi connectivity index (χ2n) is 4.02. The zero-order chi connectivity index (χ0) is 14.7. The number of nitrogens with two attached hydrogens (primary N) is 1. The Bertz CT molecular complexity index is 664. The van der Waals surface area contributed by atoms with Gasteiger partial charge in [-0.15, -0.1) is 11.8 Å². The third kappa shape index (κ3) is 3.05. The SMILES string of the molecule is Nc1c(F)ccc(SCc2ccccc2Cl)c1C(=O)O. The van der Waals surface area contributed by atoms with Gasteiger partial charge in [-0.25, -0.2) is 9.18 Å². The van der Waals surface area contributed by atoms with Crippen molar-refractivity contribution in [1.29, 1.82) is 0 Å². The van der Waals surface area contributed by atoms with Crippen molar-refractivity contribution in [2.24, 2.45) is 0 Å². The number of anilines is 1. The first-order valence-electron chi connectivity index (χ1n) is 5.68. The predicted molar refractivity (Wildman–Crippen MR) is 78.8 cm³/mol. The molecule has 2 aromatic carbocycles. The third-order valence-corrected chi connectivity index (χ3v) is 4.18. The van der Waals surface area contributed by atoms with Crippen LogP contribution < -0.4 is 5.73 Å². The number of hydrogen-bond acceptors (Lipinski definition) is 3. The monoisotopic (exact) mass is 311 g/mol. The lowest BCUT2D eigenvalue weighted by molar-refractivity contribution is 0.0694. The van der Waals surface area contributed by atoms with E-state index in [0.29, 0.717) is 15.7 Å². The molecule has 6 heteroatoms. The summed E-state index contributed by atoms with van der Waals surface area (Å²) in [5.41, 5.74) is 5.81. The zero-order valence-corrected chi connectivity index (χ0v) is 11.8. The first-order chi connectivity index (χ1) is 9.50. The van der Waals surface area contributed by atoms with E-state index in [0.717, 1.165) is 11.6 Å². The van der Waals surface area contributed by atoms with Crippen molar-refractivity contribution in [1.82, 2.24) is 0 Å². The highest BCUT2D eigenvalue weighted by Crippen LogP contribution is 2.32. The quantitative estimate of drug-likeness (QED) is 0.660. The van der Waals surface area contributed by atoms with Crippen LogP contribution in [0, 0.1) is 5.82 Å². The summed E-state index contributed by atoms with van der Waals surface area (Å²) in [4.78, 5) is 11.6. The maximum absolute atomic E-state index is 13.3. The third-order valence-electron chi connectivity index (χ3n) is 2.71. The minimum absolute atomic E-state index is 0.206. The molecule has 0 saturated heterocycles. The minimum Gasteiger partial charge on any atom is -0.478 e. The normalized spacial score (nSPS) is 10.5. The zero-order valence-electron chi connectivity index (χ0n) is 10.3. The van der Waals surface area contributed by atoms with Crippen LogP contribution in [0.2, 0.25) is 5.02 Å². The molecular formula is C14H11ClFNO2S. The van der Waals surface area contributed by atoms with Crippen LogP contribution in [-0.2, 0) is 5.75 Å². The number of carbonyl (C=O) groups is 1. The van der Waals surface area contributed by atoms with E-state index in [1.807, 2.05) is 18.2 Å². The van der Waals surface area contributed by atoms with Crippen molar-refractivity contribution in [3.8, 4) is 0 Å². The van der Waals surface area contributed by atoms with E-state index in [4.69, 9.17) is 22.4 Å². The second kappa shape index (κ2) is 6.15. The molecule has 0 aliphatic rings. The van der Waals surface area contributed by atoms with Crippen LogP contribution in [0.4, 0.5) is 10.1 Å². The molecule has 0 amide bonds. The summed E-state index contributed by atoms with van der Waals surface area (Å²) in [7, 11) is 0. The Hall–Kier alpha value is -1.72. The van der Waals surface area contributed by atoms with Gasteiger partial charge in [0.2, 0.25) is 0 Å².